The zero-order chi connectivity index (χ0) is 17.9. The van der Waals surface area contributed by atoms with E-state index in [1.54, 1.807) is 0 Å². The quantitative estimate of drug-likeness (QED) is 0.100. The second kappa shape index (κ2) is 17.7. The molecule has 0 saturated heterocycles. The first-order chi connectivity index (χ1) is 11.6. The Labute approximate surface area is 166 Å². The third-order valence-electron chi connectivity index (χ3n) is 4.11. The van der Waals surface area contributed by atoms with Crippen LogP contribution >= 0.6 is 22.6 Å². The highest BCUT2D eigenvalue weighted by Crippen LogP contribution is 2.07. The van der Waals surface area contributed by atoms with E-state index in [2.05, 4.69) is 78.2 Å². The smallest absolute Gasteiger partial charge is 0.0780 e. The molecule has 140 valence electrons. The molecule has 0 aromatic heterocycles. The van der Waals surface area contributed by atoms with Crippen LogP contribution < -0.4 is 0 Å². The van der Waals surface area contributed by atoms with Crippen molar-refractivity contribution in [3.63, 3.8) is 0 Å². The number of nitrogens with zero attached hydrogens (tertiary/aromatic N) is 1. The Morgan fingerprint density at radius 1 is 0.542 bits per heavy atom. The normalized spacial score (nSPS) is 13.0. The van der Waals surface area contributed by atoms with Gasteiger partial charge < -0.3 is 4.48 Å². The van der Waals surface area contributed by atoms with Gasteiger partial charge in [0, 0.05) is 0 Å². The monoisotopic (exact) mass is 446 g/mol. The van der Waals surface area contributed by atoms with E-state index in [9.17, 15) is 0 Å². The van der Waals surface area contributed by atoms with Crippen LogP contribution in [0.1, 0.15) is 77.0 Å². The standard InChI is InChI=1S/C22H41IN/c1-24(2,3)22-20-18-16-14-12-10-8-6-4-5-7-9-11-13-15-17-19-21-23/h7,9-10,12,19,21H,4-6,8,11,13-18,20,22H2,1-3H3/q+1. The van der Waals surface area contributed by atoms with Crippen molar-refractivity contribution < 1.29 is 4.48 Å². The van der Waals surface area contributed by atoms with Crippen LogP contribution in [0.4, 0.5) is 0 Å². The van der Waals surface area contributed by atoms with Crippen LogP contribution in [-0.4, -0.2) is 32.2 Å². The fraction of sp³-hybridized carbons (Fsp3) is 0.727. The molecule has 0 rings (SSSR count). The van der Waals surface area contributed by atoms with Crippen molar-refractivity contribution in [3.8, 4) is 0 Å². The molecule has 0 unspecified atom stereocenters. The Hall–Kier alpha value is -0.0900. The minimum Gasteiger partial charge on any atom is -0.331 e. The molecule has 0 N–H and O–H groups in total. The average molecular weight is 446 g/mol. The third kappa shape index (κ3) is 21.9. The number of unbranched alkanes of at least 4 members (excludes halogenated alkanes) is 9. The molecule has 0 amide bonds. The summed E-state index contributed by atoms with van der Waals surface area (Å²) < 4.78 is 3.22. The van der Waals surface area contributed by atoms with E-state index in [-0.39, 0.29) is 0 Å². The first-order valence-electron chi connectivity index (χ1n) is 9.92. The van der Waals surface area contributed by atoms with Crippen molar-refractivity contribution in [2.45, 2.75) is 77.0 Å². The topological polar surface area (TPSA) is 0 Å². The van der Waals surface area contributed by atoms with E-state index in [0.29, 0.717) is 0 Å². The summed E-state index contributed by atoms with van der Waals surface area (Å²) in [7, 11) is 6.83. The molecular formula is C22H41IN+. The average Bonchev–Trinajstić information content (AvgIpc) is 2.52. The fourth-order valence-corrected chi connectivity index (χ4v) is 2.97. The van der Waals surface area contributed by atoms with E-state index in [1.807, 2.05) is 0 Å². The second-order valence-electron chi connectivity index (χ2n) is 7.74. The van der Waals surface area contributed by atoms with Crippen molar-refractivity contribution in [3.05, 3.63) is 34.5 Å². The van der Waals surface area contributed by atoms with Gasteiger partial charge in [-0.05, 0) is 81.1 Å². The van der Waals surface area contributed by atoms with Crippen LogP contribution in [0.3, 0.4) is 0 Å². The summed E-state index contributed by atoms with van der Waals surface area (Å²) in [5, 5.41) is 0. The maximum Gasteiger partial charge on any atom is 0.0780 e. The highest BCUT2D eigenvalue weighted by atomic mass is 127. The maximum atomic E-state index is 2.39. The SMILES string of the molecule is C[N+](C)(C)CCCCCC=CCCCCC=CCCCCC=CI. The van der Waals surface area contributed by atoms with E-state index in [4.69, 9.17) is 0 Å². The van der Waals surface area contributed by atoms with E-state index in [0.717, 1.165) is 4.48 Å². The summed E-state index contributed by atoms with van der Waals surface area (Å²) in [5.74, 6) is 0. The summed E-state index contributed by atoms with van der Waals surface area (Å²) in [5.41, 5.74) is 0. The molecular weight excluding hydrogens is 405 g/mol. The van der Waals surface area contributed by atoms with Crippen LogP contribution in [0.25, 0.3) is 0 Å². The van der Waals surface area contributed by atoms with Gasteiger partial charge in [0.25, 0.3) is 0 Å². The van der Waals surface area contributed by atoms with Gasteiger partial charge in [0.1, 0.15) is 0 Å². The number of quaternary nitrogens is 1. The van der Waals surface area contributed by atoms with Gasteiger partial charge in [-0.1, -0.05) is 53.0 Å². The number of halogens is 1. The summed E-state index contributed by atoms with van der Waals surface area (Å²) >= 11 is 2.29. The molecule has 0 aromatic carbocycles. The Kier molecular flexibility index (Phi) is 17.7. The molecule has 0 bridgehead atoms. The molecule has 0 atom stereocenters. The lowest BCUT2D eigenvalue weighted by molar-refractivity contribution is -0.870. The predicted octanol–water partition coefficient (Wildman–Crippen LogP) is 7.43. The van der Waals surface area contributed by atoms with E-state index in [1.165, 1.54) is 83.6 Å². The Morgan fingerprint density at radius 3 is 1.29 bits per heavy atom. The molecule has 0 aliphatic heterocycles. The van der Waals surface area contributed by atoms with Gasteiger partial charge >= 0.3 is 0 Å². The minimum atomic E-state index is 1.10. The number of hydrogen-bond acceptors (Lipinski definition) is 0. The van der Waals surface area contributed by atoms with Gasteiger partial charge in [-0.15, -0.1) is 0 Å². The summed E-state index contributed by atoms with van der Waals surface area (Å²) in [6.07, 6.45) is 27.5. The molecule has 0 saturated carbocycles. The van der Waals surface area contributed by atoms with Gasteiger partial charge in [-0.25, -0.2) is 0 Å². The molecule has 0 heterocycles. The molecule has 0 radical (unpaired) electrons. The molecule has 24 heavy (non-hydrogen) atoms. The van der Waals surface area contributed by atoms with Crippen molar-refractivity contribution >= 4 is 22.6 Å². The molecule has 1 nitrogen and oxygen atoms in total. The van der Waals surface area contributed by atoms with Gasteiger partial charge in [0.15, 0.2) is 0 Å². The molecule has 0 aliphatic rings. The first-order valence-corrected chi connectivity index (χ1v) is 11.2. The minimum absolute atomic E-state index is 1.10. The van der Waals surface area contributed by atoms with Crippen LogP contribution in [0.5, 0.6) is 0 Å². The summed E-state index contributed by atoms with van der Waals surface area (Å²) in [6.45, 7) is 1.30. The molecule has 0 aromatic rings. The first kappa shape index (κ1) is 23.9. The van der Waals surface area contributed by atoms with Gasteiger partial charge in [-0.3, -0.25) is 0 Å². The Balaban J connectivity index is 3.23. The van der Waals surface area contributed by atoms with Crippen molar-refractivity contribution in [2.24, 2.45) is 0 Å². The number of hydrogen-bond donors (Lipinski definition) is 0. The number of rotatable bonds is 16. The van der Waals surface area contributed by atoms with Crippen LogP contribution in [0, 0.1) is 0 Å². The van der Waals surface area contributed by atoms with Crippen molar-refractivity contribution in [2.75, 3.05) is 27.7 Å². The Bertz CT molecular complexity index is 336. The summed E-state index contributed by atoms with van der Waals surface area (Å²) in [6, 6.07) is 0. The lowest BCUT2D eigenvalue weighted by atomic mass is 10.1. The molecule has 2 heteroatoms. The lowest BCUT2D eigenvalue weighted by Crippen LogP contribution is -2.35. The fourth-order valence-electron chi connectivity index (χ4n) is 2.61. The van der Waals surface area contributed by atoms with Crippen LogP contribution in [0.2, 0.25) is 0 Å². The largest absolute Gasteiger partial charge is 0.331 e. The molecule has 0 spiro atoms. The van der Waals surface area contributed by atoms with Gasteiger partial charge in [-0.2, -0.15) is 0 Å². The van der Waals surface area contributed by atoms with E-state index >= 15 is 0 Å². The molecule has 0 fully saturated rings. The Morgan fingerprint density at radius 2 is 0.917 bits per heavy atom. The molecule has 0 aliphatic carbocycles. The van der Waals surface area contributed by atoms with Gasteiger partial charge in [0.05, 0.1) is 27.7 Å². The van der Waals surface area contributed by atoms with Crippen molar-refractivity contribution in [1.82, 2.24) is 0 Å². The zero-order valence-electron chi connectivity index (χ0n) is 16.5. The van der Waals surface area contributed by atoms with E-state index < -0.39 is 0 Å². The summed E-state index contributed by atoms with van der Waals surface area (Å²) in [4.78, 5) is 0. The lowest BCUT2D eigenvalue weighted by Gasteiger charge is -2.23. The zero-order valence-corrected chi connectivity index (χ0v) is 18.6. The predicted molar refractivity (Wildman–Crippen MR) is 120 cm³/mol. The van der Waals surface area contributed by atoms with Crippen molar-refractivity contribution in [1.29, 1.82) is 0 Å². The van der Waals surface area contributed by atoms with Crippen LogP contribution in [0.15, 0.2) is 34.5 Å². The number of allylic oxidation sites excluding steroid dienone is 5. The van der Waals surface area contributed by atoms with Gasteiger partial charge in [0.2, 0.25) is 0 Å². The highest BCUT2D eigenvalue weighted by Gasteiger charge is 2.04. The third-order valence-corrected chi connectivity index (χ3v) is 4.61. The second-order valence-corrected chi connectivity index (χ2v) is 8.46. The highest BCUT2D eigenvalue weighted by molar-refractivity contribution is 14.1. The van der Waals surface area contributed by atoms with Crippen LogP contribution in [-0.2, 0) is 0 Å². The maximum absolute atomic E-state index is 2.39.